The van der Waals surface area contributed by atoms with Gasteiger partial charge in [0.1, 0.15) is 23.5 Å². The highest BCUT2D eigenvalue weighted by Gasteiger charge is 2.23. The lowest BCUT2D eigenvalue weighted by molar-refractivity contribution is 0.105. The fourth-order valence-corrected chi connectivity index (χ4v) is 4.06. The van der Waals surface area contributed by atoms with E-state index in [9.17, 15) is 14.0 Å². The first kappa shape index (κ1) is 23.8. The Bertz CT molecular complexity index is 1690. The summed E-state index contributed by atoms with van der Waals surface area (Å²) >= 11 is 0. The molecule has 1 N–H and O–H groups in total. The van der Waals surface area contributed by atoms with Gasteiger partial charge in [-0.25, -0.2) is 9.37 Å². The normalized spacial score (nSPS) is 11.6. The Hall–Kier alpha value is -4.92. The first-order chi connectivity index (χ1) is 17.9. The monoisotopic (exact) mass is 500 g/mol. The first-order valence-electron chi connectivity index (χ1n) is 11.2. The second kappa shape index (κ2) is 9.62. The lowest BCUT2D eigenvalue weighted by Gasteiger charge is -2.14. The van der Waals surface area contributed by atoms with Crippen molar-refractivity contribution in [3.8, 4) is 17.2 Å². The number of hydrogen-bond donors (Lipinski definition) is 1. The predicted octanol–water partition coefficient (Wildman–Crippen LogP) is 5.26. The van der Waals surface area contributed by atoms with Gasteiger partial charge in [0.2, 0.25) is 5.75 Å². The number of benzene rings is 3. The molecule has 0 aliphatic carbocycles. The largest absolute Gasteiger partial charge is 0.493 e. The number of rotatable bonds is 7. The number of H-pyrrole nitrogens is 1. The van der Waals surface area contributed by atoms with E-state index in [4.69, 9.17) is 18.6 Å². The third kappa shape index (κ3) is 4.31. The van der Waals surface area contributed by atoms with Crippen LogP contribution in [0.4, 0.5) is 4.39 Å². The molecule has 8 nitrogen and oxygen atoms in total. The molecule has 2 aromatic heterocycles. The number of hydrogen-bond acceptors (Lipinski definition) is 7. The molecule has 186 valence electrons. The number of ether oxygens (including phenoxy) is 3. The number of aromatic amines is 1. The molecule has 0 unspecified atom stereocenters. The Kier molecular flexibility index (Phi) is 6.19. The molecule has 0 aliphatic heterocycles. The van der Waals surface area contributed by atoms with Crippen LogP contribution in [0, 0.1) is 5.82 Å². The van der Waals surface area contributed by atoms with Crippen LogP contribution in [0.3, 0.4) is 0 Å². The topological polar surface area (TPSA) is 104 Å². The van der Waals surface area contributed by atoms with Gasteiger partial charge in [-0.3, -0.25) is 9.59 Å². The Morgan fingerprint density at radius 3 is 2.41 bits per heavy atom. The van der Waals surface area contributed by atoms with E-state index < -0.39 is 17.0 Å². The van der Waals surface area contributed by atoms with Crippen molar-refractivity contribution in [3.05, 3.63) is 93.9 Å². The Labute approximate surface area is 209 Å². The van der Waals surface area contributed by atoms with Crippen LogP contribution in [0.25, 0.3) is 33.7 Å². The number of halogens is 1. The average Bonchev–Trinajstić information content (AvgIpc) is 3.35. The zero-order valence-electron chi connectivity index (χ0n) is 20.1. The van der Waals surface area contributed by atoms with Gasteiger partial charge in [0.15, 0.2) is 22.7 Å². The van der Waals surface area contributed by atoms with Gasteiger partial charge in [-0.1, -0.05) is 12.1 Å². The fraction of sp³-hybridized carbons (Fsp3) is 0.107. The second-order valence-electron chi connectivity index (χ2n) is 8.06. The Balaban J connectivity index is 1.73. The van der Waals surface area contributed by atoms with Gasteiger partial charge in [-0.15, -0.1) is 0 Å². The summed E-state index contributed by atoms with van der Waals surface area (Å²) in [5.74, 6) is 0.0837. The number of carbonyl (C=O) groups excluding carboxylic acids is 1. The zero-order chi connectivity index (χ0) is 26.1. The van der Waals surface area contributed by atoms with Crippen molar-refractivity contribution >= 4 is 39.4 Å². The third-order valence-electron chi connectivity index (χ3n) is 5.88. The van der Waals surface area contributed by atoms with Crippen LogP contribution in [0.2, 0.25) is 0 Å². The van der Waals surface area contributed by atoms with E-state index in [1.54, 1.807) is 6.07 Å². The van der Waals surface area contributed by atoms with Crippen LogP contribution < -0.4 is 19.6 Å². The summed E-state index contributed by atoms with van der Waals surface area (Å²) in [6.07, 6.45) is 2.60. The molecule has 0 spiro atoms. The number of methoxy groups -OCH3 is 3. The lowest BCUT2D eigenvalue weighted by atomic mass is 9.99. The number of nitrogens with one attached hydrogen (secondary N) is 1. The maximum atomic E-state index is 13.9. The molecule has 3 aromatic carbocycles. The average molecular weight is 500 g/mol. The van der Waals surface area contributed by atoms with Crippen LogP contribution >= 0.6 is 0 Å². The van der Waals surface area contributed by atoms with Crippen molar-refractivity contribution in [2.45, 2.75) is 0 Å². The van der Waals surface area contributed by atoms with Crippen LogP contribution in [-0.2, 0) is 0 Å². The van der Waals surface area contributed by atoms with Gasteiger partial charge < -0.3 is 23.6 Å². The van der Waals surface area contributed by atoms with Gasteiger partial charge in [-0.05, 0) is 48.5 Å². The van der Waals surface area contributed by atoms with Crippen molar-refractivity contribution in [3.63, 3.8) is 0 Å². The highest BCUT2D eigenvalue weighted by Crippen LogP contribution is 2.39. The summed E-state index contributed by atoms with van der Waals surface area (Å²) in [6, 6.07) is 14.0. The number of para-hydroxylation sites is 2. The highest BCUT2D eigenvalue weighted by atomic mass is 19.1. The smallest absolute Gasteiger partial charge is 0.203 e. The number of allylic oxidation sites excluding steroid dienone is 1. The van der Waals surface area contributed by atoms with Crippen molar-refractivity contribution in [1.29, 1.82) is 0 Å². The van der Waals surface area contributed by atoms with Crippen molar-refractivity contribution in [2.75, 3.05) is 21.3 Å². The number of fused-ring (bicyclic) bond motifs is 2. The zero-order valence-corrected chi connectivity index (χ0v) is 20.1. The molecule has 0 radical (unpaired) electrons. The minimum Gasteiger partial charge on any atom is -0.493 e. The number of imidazole rings is 1. The molecule has 9 heteroatoms. The number of carbonyl (C=O) groups is 1. The van der Waals surface area contributed by atoms with E-state index in [1.165, 1.54) is 57.9 Å². The lowest BCUT2D eigenvalue weighted by Crippen LogP contribution is -2.09. The molecule has 0 amide bonds. The van der Waals surface area contributed by atoms with Gasteiger partial charge in [-0.2, -0.15) is 0 Å². The summed E-state index contributed by atoms with van der Waals surface area (Å²) in [7, 11) is 4.35. The SMILES string of the molecule is COc1cc(C(=O)/C(=C\c2coc3ccc(F)cc3c2=O)c2nc3ccccc3[nH]2)cc(OC)c1OC. The fourth-order valence-electron chi connectivity index (χ4n) is 4.06. The maximum Gasteiger partial charge on any atom is 0.203 e. The molecule has 0 fully saturated rings. The molecule has 0 saturated carbocycles. The van der Waals surface area contributed by atoms with Gasteiger partial charge in [0, 0.05) is 5.56 Å². The molecular weight excluding hydrogens is 479 g/mol. The number of Topliss-reactive ketones (excluding diaryl/α,β-unsaturated/α-hetero) is 1. The predicted molar refractivity (Wildman–Crippen MR) is 137 cm³/mol. The molecule has 0 saturated heterocycles. The summed E-state index contributed by atoms with van der Waals surface area (Å²) < 4.78 is 35.6. The Morgan fingerprint density at radius 2 is 1.73 bits per heavy atom. The standard InChI is InChI=1S/C28H21FN2O6/c1-34-23-11-15(12-24(35-2)27(23)36-3)25(32)19(28-30-20-6-4-5-7-21(20)31-28)10-16-14-37-22-9-8-17(29)13-18(22)26(16)33/h4-14H,1-3H3,(H,30,31)/b19-10+. The van der Waals surface area contributed by atoms with E-state index in [-0.39, 0.29) is 45.0 Å². The maximum absolute atomic E-state index is 13.9. The molecule has 0 aliphatic rings. The van der Waals surface area contributed by atoms with Crippen molar-refractivity contribution in [2.24, 2.45) is 0 Å². The molecule has 0 bridgehead atoms. The summed E-state index contributed by atoms with van der Waals surface area (Å²) in [5, 5.41) is 0.0536. The first-order valence-corrected chi connectivity index (χ1v) is 11.2. The van der Waals surface area contributed by atoms with Gasteiger partial charge in [0.05, 0.1) is 48.9 Å². The van der Waals surface area contributed by atoms with Crippen LogP contribution in [0.5, 0.6) is 17.2 Å². The number of ketones is 1. The third-order valence-corrected chi connectivity index (χ3v) is 5.88. The molecular formula is C28H21FN2O6. The quantitative estimate of drug-likeness (QED) is 0.240. The van der Waals surface area contributed by atoms with E-state index in [2.05, 4.69) is 9.97 Å². The molecule has 0 atom stereocenters. The van der Waals surface area contributed by atoms with Crippen LogP contribution in [0.1, 0.15) is 21.7 Å². The van der Waals surface area contributed by atoms with Crippen molar-refractivity contribution < 1.29 is 27.8 Å². The summed E-state index contributed by atoms with van der Waals surface area (Å²) in [4.78, 5) is 34.8. The minimum atomic E-state index is -0.577. The van der Waals surface area contributed by atoms with E-state index in [0.29, 0.717) is 16.8 Å². The summed E-state index contributed by atoms with van der Waals surface area (Å²) in [5.41, 5.74) is 1.40. The van der Waals surface area contributed by atoms with E-state index in [0.717, 1.165) is 6.07 Å². The molecule has 5 aromatic rings. The molecule has 2 heterocycles. The minimum absolute atomic E-state index is 0.0503. The van der Waals surface area contributed by atoms with E-state index in [1.807, 2.05) is 18.2 Å². The van der Waals surface area contributed by atoms with Crippen LogP contribution in [0.15, 0.2) is 70.1 Å². The van der Waals surface area contributed by atoms with Gasteiger partial charge >= 0.3 is 0 Å². The Morgan fingerprint density at radius 1 is 1.00 bits per heavy atom. The van der Waals surface area contributed by atoms with E-state index >= 15 is 0 Å². The number of nitrogens with zero attached hydrogens (tertiary/aromatic N) is 1. The molecule has 37 heavy (non-hydrogen) atoms. The van der Waals surface area contributed by atoms with Crippen LogP contribution in [-0.4, -0.2) is 37.1 Å². The second-order valence-corrected chi connectivity index (χ2v) is 8.06. The molecule has 5 rings (SSSR count). The highest BCUT2D eigenvalue weighted by molar-refractivity contribution is 6.32. The van der Waals surface area contributed by atoms with Gasteiger partial charge in [0.25, 0.3) is 0 Å². The van der Waals surface area contributed by atoms with Crippen molar-refractivity contribution in [1.82, 2.24) is 9.97 Å². The summed E-state index contributed by atoms with van der Waals surface area (Å²) in [6.45, 7) is 0. The number of aromatic nitrogens is 2.